The molecule has 5 nitrogen and oxygen atoms in total. The second-order valence-corrected chi connectivity index (χ2v) is 8.70. The van der Waals surface area contributed by atoms with E-state index in [4.69, 9.17) is 5.11 Å². The summed E-state index contributed by atoms with van der Waals surface area (Å²) >= 11 is 3.52. The lowest BCUT2D eigenvalue weighted by Gasteiger charge is -2.39. The van der Waals surface area contributed by atoms with Gasteiger partial charge in [-0.25, -0.2) is 0 Å². The number of carbonyl (C=O) groups is 1. The second-order valence-electron chi connectivity index (χ2n) is 5.92. The first kappa shape index (κ1) is 17.5. The molecule has 0 bridgehead atoms. The van der Waals surface area contributed by atoms with Crippen molar-refractivity contribution in [1.29, 1.82) is 0 Å². The maximum atomic E-state index is 10.7. The summed E-state index contributed by atoms with van der Waals surface area (Å²) in [5, 5.41) is 10.5. The van der Waals surface area contributed by atoms with E-state index in [0.29, 0.717) is 17.9 Å². The normalized spacial score (nSPS) is 16.5. The van der Waals surface area contributed by atoms with E-state index in [2.05, 4.69) is 15.9 Å². The minimum absolute atomic E-state index is 0.192. The molecule has 3 N–H and O–H groups in total. The third kappa shape index (κ3) is 3.13. The Morgan fingerprint density at radius 1 is 1.08 bits per heavy atom. The average molecular weight is 414 g/mol. The second kappa shape index (κ2) is 6.92. The van der Waals surface area contributed by atoms with Gasteiger partial charge in [-0.1, -0.05) is 51.7 Å². The molecule has 3 rings (SSSR count). The minimum atomic E-state index is -3.00. The molecule has 0 spiro atoms. The van der Waals surface area contributed by atoms with Gasteiger partial charge in [0.1, 0.15) is 0 Å². The Morgan fingerprint density at radius 2 is 1.83 bits per heavy atom. The molecule has 0 saturated carbocycles. The van der Waals surface area contributed by atoms with Crippen LogP contribution in [-0.2, 0) is 4.79 Å². The predicted molar refractivity (Wildman–Crippen MR) is 101 cm³/mol. The number of hydrogen-bond donors (Lipinski definition) is 3. The molecule has 0 aliphatic carbocycles. The third-order valence-corrected chi connectivity index (χ3v) is 6.92. The van der Waals surface area contributed by atoms with Gasteiger partial charge in [-0.05, 0) is 36.4 Å². The van der Waals surface area contributed by atoms with Gasteiger partial charge < -0.3 is 5.11 Å². The molecule has 2 aromatic carbocycles. The van der Waals surface area contributed by atoms with E-state index in [1.54, 1.807) is 10.4 Å². The lowest BCUT2D eigenvalue weighted by Crippen LogP contribution is -2.25. The molecule has 0 aromatic heterocycles. The third-order valence-electron chi connectivity index (χ3n) is 4.30. The zero-order valence-electron chi connectivity index (χ0n) is 13.1. The van der Waals surface area contributed by atoms with Crippen LogP contribution in [0.1, 0.15) is 32.1 Å². The molecule has 130 valence electrons. The van der Waals surface area contributed by atoms with Crippen LogP contribution in [-0.4, -0.2) is 26.7 Å². The number of carboxylic acids is 1. The van der Waals surface area contributed by atoms with E-state index in [-0.39, 0.29) is 6.42 Å². The van der Waals surface area contributed by atoms with Gasteiger partial charge in [0, 0.05) is 22.8 Å². The summed E-state index contributed by atoms with van der Waals surface area (Å²) in [5.74, 6) is -0.767. The monoisotopic (exact) mass is 413 g/mol. The fourth-order valence-electron chi connectivity index (χ4n) is 3.14. The zero-order valence-corrected chi connectivity index (χ0v) is 15.5. The van der Waals surface area contributed by atoms with Crippen LogP contribution in [0, 0.1) is 0 Å². The molecule has 0 unspecified atom stereocenters. The average Bonchev–Trinajstić information content (AvgIpc) is 2.75. The van der Waals surface area contributed by atoms with Crippen LogP contribution in [0.25, 0.3) is 10.8 Å². The van der Waals surface area contributed by atoms with Crippen molar-refractivity contribution in [1.82, 2.24) is 0 Å². The van der Waals surface area contributed by atoms with Crippen LogP contribution < -0.4 is 4.31 Å². The van der Waals surface area contributed by atoms with E-state index >= 15 is 0 Å². The molecule has 1 heterocycles. The predicted octanol–water partition coefficient (Wildman–Crippen LogP) is 5.48. The van der Waals surface area contributed by atoms with E-state index in [1.165, 1.54) is 0 Å². The summed E-state index contributed by atoms with van der Waals surface area (Å²) < 4.78 is 24.1. The highest BCUT2D eigenvalue weighted by atomic mass is 79.9. The highest BCUT2D eigenvalue weighted by Crippen LogP contribution is 2.63. The first-order valence-corrected chi connectivity index (χ1v) is 10.2. The summed E-state index contributed by atoms with van der Waals surface area (Å²) in [7, 11) is -3.00. The fraction of sp³-hybridized carbons (Fsp3) is 0.353. The summed E-state index contributed by atoms with van der Waals surface area (Å²) in [5.41, 5.74) is 0.856. The zero-order chi connectivity index (χ0) is 17.3. The molecule has 0 radical (unpaired) electrons. The Hall–Kier alpha value is -1.28. The number of halogens is 1. The highest BCUT2D eigenvalue weighted by Gasteiger charge is 2.35. The van der Waals surface area contributed by atoms with Crippen LogP contribution in [0.15, 0.2) is 39.7 Å². The number of benzene rings is 2. The first-order chi connectivity index (χ1) is 11.4. The topological polar surface area (TPSA) is 81.0 Å². The highest BCUT2D eigenvalue weighted by molar-refractivity contribution is 9.10. The van der Waals surface area contributed by atoms with E-state index in [1.807, 2.05) is 24.3 Å². The van der Waals surface area contributed by atoms with Crippen molar-refractivity contribution in [3.63, 3.8) is 0 Å². The van der Waals surface area contributed by atoms with Crippen molar-refractivity contribution in [2.75, 3.05) is 10.8 Å². The standard InChI is InChI=1S/C17H20BrNO4S/c18-13-9-10-14-17-12(13)6-5-7-15(17)24(22,23)19(14)11-4-2-1-3-8-16(20)21/h5-7,9-10,22-23H,1-4,8,11H2,(H,20,21). The molecule has 24 heavy (non-hydrogen) atoms. The molecule has 1 aliphatic rings. The maximum absolute atomic E-state index is 10.7. The van der Waals surface area contributed by atoms with Crippen molar-refractivity contribution in [3.8, 4) is 0 Å². The van der Waals surface area contributed by atoms with Crippen molar-refractivity contribution in [2.45, 2.75) is 37.0 Å². The Labute approximate surface area is 150 Å². The van der Waals surface area contributed by atoms with Gasteiger partial charge in [-0.3, -0.25) is 18.2 Å². The van der Waals surface area contributed by atoms with Crippen LogP contribution in [0.2, 0.25) is 0 Å². The number of unbranched alkanes of at least 4 members (excludes halogenated alkanes) is 3. The molecule has 0 saturated heterocycles. The van der Waals surface area contributed by atoms with Gasteiger partial charge in [-0.2, -0.15) is 0 Å². The number of carboxylic acid groups (broad SMARTS) is 1. The molecule has 1 aliphatic heterocycles. The van der Waals surface area contributed by atoms with Crippen molar-refractivity contribution in [3.05, 3.63) is 34.8 Å². The van der Waals surface area contributed by atoms with Crippen LogP contribution in [0.5, 0.6) is 0 Å². The van der Waals surface area contributed by atoms with Gasteiger partial charge in [0.25, 0.3) is 0 Å². The van der Waals surface area contributed by atoms with Crippen LogP contribution in [0.3, 0.4) is 0 Å². The lowest BCUT2D eigenvalue weighted by molar-refractivity contribution is -0.137. The SMILES string of the molecule is O=C(O)CCCCCCN1c2ccc(Br)c3cccc(c23)S1(O)O. The number of anilines is 1. The Morgan fingerprint density at radius 3 is 2.58 bits per heavy atom. The van der Waals surface area contributed by atoms with E-state index < -0.39 is 16.7 Å². The Bertz CT molecular complexity index is 781. The van der Waals surface area contributed by atoms with Gasteiger partial charge >= 0.3 is 5.97 Å². The minimum Gasteiger partial charge on any atom is -0.481 e. The largest absolute Gasteiger partial charge is 0.481 e. The summed E-state index contributed by atoms with van der Waals surface area (Å²) in [6.45, 7) is 0.542. The van der Waals surface area contributed by atoms with Crippen molar-refractivity contribution >= 4 is 49.1 Å². The number of aliphatic carboxylic acids is 1. The lowest BCUT2D eigenvalue weighted by atomic mass is 10.1. The van der Waals surface area contributed by atoms with Crippen LogP contribution in [0.4, 0.5) is 5.69 Å². The molecule has 0 fully saturated rings. The number of nitrogens with zero attached hydrogens (tertiary/aromatic N) is 1. The van der Waals surface area contributed by atoms with Gasteiger partial charge in [0.2, 0.25) is 0 Å². The van der Waals surface area contributed by atoms with Gasteiger partial charge in [0.15, 0.2) is 0 Å². The van der Waals surface area contributed by atoms with E-state index in [0.717, 1.165) is 40.2 Å². The summed E-state index contributed by atoms with van der Waals surface area (Å²) in [6.07, 6.45) is 3.35. The Kier molecular flexibility index (Phi) is 5.05. The molecule has 7 heteroatoms. The number of hydrogen-bond acceptors (Lipinski definition) is 4. The van der Waals surface area contributed by atoms with Gasteiger partial charge in [0.05, 0.1) is 10.6 Å². The molecule has 0 atom stereocenters. The number of rotatable bonds is 7. The molecular weight excluding hydrogens is 394 g/mol. The van der Waals surface area contributed by atoms with Crippen LogP contribution >= 0.6 is 26.7 Å². The molecule has 2 aromatic rings. The smallest absolute Gasteiger partial charge is 0.303 e. The summed E-state index contributed by atoms with van der Waals surface area (Å²) in [4.78, 5) is 11.1. The fourth-order valence-corrected chi connectivity index (χ4v) is 5.40. The van der Waals surface area contributed by atoms with Crippen molar-refractivity contribution < 1.29 is 19.0 Å². The Balaban J connectivity index is 1.74. The quantitative estimate of drug-likeness (QED) is 0.523. The molecule has 0 amide bonds. The maximum Gasteiger partial charge on any atom is 0.303 e. The van der Waals surface area contributed by atoms with Gasteiger partial charge in [-0.15, -0.1) is 0 Å². The van der Waals surface area contributed by atoms with Crippen molar-refractivity contribution in [2.24, 2.45) is 0 Å². The molecular formula is C17H20BrNO4S. The summed E-state index contributed by atoms with van der Waals surface area (Å²) in [6, 6.07) is 9.44. The first-order valence-electron chi connectivity index (χ1n) is 7.92. The van der Waals surface area contributed by atoms with E-state index in [9.17, 15) is 13.9 Å².